The highest BCUT2D eigenvalue weighted by Gasteiger charge is 2.26. The van der Waals surface area contributed by atoms with Gasteiger partial charge in [-0.25, -0.2) is 9.59 Å². The summed E-state index contributed by atoms with van der Waals surface area (Å²) in [5, 5.41) is 13.5. The number of hydrogen-bond acceptors (Lipinski definition) is 5. The largest absolute Gasteiger partial charge is 0.480 e. The highest BCUT2D eigenvalue weighted by atomic mass is 32.2. The van der Waals surface area contributed by atoms with Gasteiger partial charge in [0.05, 0.1) is 0 Å². The van der Waals surface area contributed by atoms with E-state index in [1.165, 1.54) is 11.8 Å². The van der Waals surface area contributed by atoms with Crippen LogP contribution in [0.3, 0.4) is 0 Å². The average Bonchev–Trinajstić information content (AvgIpc) is 2.37. The first-order valence-corrected chi connectivity index (χ1v) is 7.53. The van der Waals surface area contributed by atoms with E-state index in [0.717, 1.165) is 0 Å². The van der Waals surface area contributed by atoms with E-state index in [1.54, 1.807) is 0 Å². The molecule has 9 nitrogen and oxygen atoms in total. The molecule has 4 amide bonds. The Morgan fingerprint density at radius 3 is 2.14 bits per heavy atom. The van der Waals surface area contributed by atoms with Crippen molar-refractivity contribution in [2.45, 2.75) is 31.3 Å². The number of primary amides is 2. The molecule has 0 aromatic carbocycles. The summed E-state index contributed by atoms with van der Waals surface area (Å²) in [5.74, 6) is -2.03. The molecule has 10 heteroatoms. The van der Waals surface area contributed by atoms with E-state index in [2.05, 4.69) is 10.6 Å². The first-order chi connectivity index (χ1) is 9.77. The third-order valence-corrected chi connectivity index (χ3v) is 3.18. The smallest absolute Gasteiger partial charge is 0.326 e. The molecule has 2 unspecified atom stereocenters. The van der Waals surface area contributed by atoms with Gasteiger partial charge in [-0.2, -0.15) is 11.8 Å². The molecule has 0 aliphatic carbocycles. The number of aliphatic carboxylic acids is 1. The number of carboxylic acid groups (broad SMARTS) is 1. The van der Waals surface area contributed by atoms with Crippen molar-refractivity contribution >= 4 is 35.6 Å². The van der Waals surface area contributed by atoms with E-state index < -0.39 is 35.9 Å². The monoisotopic (exact) mass is 320 g/mol. The van der Waals surface area contributed by atoms with Gasteiger partial charge in [0.25, 0.3) is 0 Å². The molecule has 21 heavy (non-hydrogen) atoms. The molecule has 0 spiro atoms. The van der Waals surface area contributed by atoms with Crippen LogP contribution in [0.25, 0.3) is 0 Å². The number of hydrogen-bond donors (Lipinski definition) is 5. The third kappa shape index (κ3) is 8.74. The lowest BCUT2D eigenvalue weighted by molar-refractivity contribution is -0.142. The maximum atomic E-state index is 12.0. The predicted molar refractivity (Wildman–Crippen MR) is 77.5 cm³/mol. The second-order valence-corrected chi connectivity index (χ2v) is 5.23. The fourth-order valence-electron chi connectivity index (χ4n) is 1.49. The first kappa shape index (κ1) is 19.0. The molecule has 2 atom stereocenters. The fraction of sp³-hybridized carbons (Fsp3) is 0.636. The number of nitrogens with one attached hydrogen (secondary N) is 2. The van der Waals surface area contributed by atoms with Gasteiger partial charge in [-0.05, 0) is 24.9 Å². The van der Waals surface area contributed by atoms with E-state index in [9.17, 15) is 19.2 Å². The quantitative estimate of drug-likeness (QED) is 0.332. The normalized spacial score (nSPS) is 13.0. The van der Waals surface area contributed by atoms with Gasteiger partial charge in [-0.1, -0.05) is 0 Å². The number of carboxylic acids is 1. The van der Waals surface area contributed by atoms with Crippen LogP contribution < -0.4 is 22.1 Å². The van der Waals surface area contributed by atoms with Crippen molar-refractivity contribution in [2.75, 3.05) is 12.0 Å². The number of nitrogens with two attached hydrogens (primary N) is 2. The molecule has 0 aliphatic rings. The van der Waals surface area contributed by atoms with Crippen LogP contribution in [0.2, 0.25) is 0 Å². The van der Waals surface area contributed by atoms with Crippen molar-refractivity contribution < 1.29 is 24.3 Å². The zero-order valence-corrected chi connectivity index (χ0v) is 12.4. The molecule has 0 aromatic rings. The zero-order chi connectivity index (χ0) is 16.4. The van der Waals surface area contributed by atoms with Crippen LogP contribution in [0.1, 0.15) is 19.3 Å². The van der Waals surface area contributed by atoms with Crippen LogP contribution >= 0.6 is 11.8 Å². The summed E-state index contributed by atoms with van der Waals surface area (Å²) in [7, 11) is 0. The van der Waals surface area contributed by atoms with Gasteiger partial charge in [0, 0.05) is 6.42 Å². The Bertz CT molecular complexity index is 404. The molecule has 0 fully saturated rings. The molecular formula is C11H20N4O5S. The minimum absolute atomic E-state index is 0.123. The number of rotatable bonds is 10. The number of urea groups is 1. The average molecular weight is 320 g/mol. The van der Waals surface area contributed by atoms with Crippen molar-refractivity contribution in [3.63, 3.8) is 0 Å². The molecule has 0 rings (SSSR count). The Hall–Kier alpha value is -1.97. The van der Waals surface area contributed by atoms with E-state index in [-0.39, 0.29) is 12.8 Å². The molecular weight excluding hydrogens is 300 g/mol. The molecule has 0 bridgehead atoms. The summed E-state index contributed by atoms with van der Waals surface area (Å²) < 4.78 is 0. The summed E-state index contributed by atoms with van der Waals surface area (Å²) in [6, 6.07) is -3.05. The van der Waals surface area contributed by atoms with E-state index in [0.29, 0.717) is 12.2 Å². The lowest BCUT2D eigenvalue weighted by Gasteiger charge is -2.20. The molecule has 7 N–H and O–H groups in total. The van der Waals surface area contributed by atoms with Crippen LogP contribution in [-0.4, -0.2) is 53.0 Å². The SMILES string of the molecule is CSCCC(NC(N)=O)C(=O)NC(CCC(N)=O)C(=O)O. The predicted octanol–water partition coefficient (Wildman–Crippen LogP) is -1.39. The number of carbonyl (C=O) groups is 4. The second-order valence-electron chi connectivity index (χ2n) is 4.25. The Balaban J connectivity index is 4.68. The van der Waals surface area contributed by atoms with Gasteiger partial charge in [-0.3, -0.25) is 9.59 Å². The van der Waals surface area contributed by atoms with Crippen molar-refractivity contribution in [3.8, 4) is 0 Å². The summed E-state index contributed by atoms with van der Waals surface area (Å²) in [5.41, 5.74) is 9.92. The maximum absolute atomic E-state index is 12.0. The van der Waals surface area contributed by atoms with Gasteiger partial charge < -0.3 is 27.2 Å². The van der Waals surface area contributed by atoms with E-state index in [1.807, 2.05) is 6.26 Å². The van der Waals surface area contributed by atoms with Crippen molar-refractivity contribution in [3.05, 3.63) is 0 Å². The van der Waals surface area contributed by atoms with E-state index >= 15 is 0 Å². The van der Waals surface area contributed by atoms with Crippen molar-refractivity contribution in [1.82, 2.24) is 10.6 Å². The Labute approximate surface area is 126 Å². The second kappa shape index (κ2) is 9.86. The molecule has 120 valence electrons. The van der Waals surface area contributed by atoms with Gasteiger partial charge in [-0.15, -0.1) is 0 Å². The summed E-state index contributed by atoms with van der Waals surface area (Å²) >= 11 is 1.46. The van der Waals surface area contributed by atoms with Crippen LogP contribution in [0.4, 0.5) is 4.79 Å². The molecule has 0 aromatic heterocycles. The summed E-state index contributed by atoms with van der Waals surface area (Å²) in [6.45, 7) is 0. The zero-order valence-electron chi connectivity index (χ0n) is 11.6. The Kier molecular flexibility index (Phi) is 8.93. The standard InChI is InChI=1S/C11H20N4O5S/c1-21-5-4-6(15-11(13)20)9(17)14-7(10(18)19)2-3-8(12)16/h6-7H,2-5H2,1H3,(H2,12,16)(H,14,17)(H,18,19)(H3,13,15,20). The maximum Gasteiger partial charge on any atom is 0.326 e. The minimum atomic E-state index is -1.28. The van der Waals surface area contributed by atoms with Gasteiger partial charge >= 0.3 is 12.0 Å². The Morgan fingerprint density at radius 1 is 1.10 bits per heavy atom. The summed E-state index contributed by atoms with van der Waals surface area (Å²) in [6.07, 6.45) is 1.84. The number of amides is 4. The highest BCUT2D eigenvalue weighted by Crippen LogP contribution is 2.03. The lowest BCUT2D eigenvalue weighted by Crippen LogP contribution is -2.53. The molecule has 0 saturated carbocycles. The van der Waals surface area contributed by atoms with Crippen LogP contribution in [0.15, 0.2) is 0 Å². The van der Waals surface area contributed by atoms with Gasteiger partial charge in [0.2, 0.25) is 11.8 Å². The Morgan fingerprint density at radius 2 is 1.71 bits per heavy atom. The van der Waals surface area contributed by atoms with Crippen LogP contribution in [0, 0.1) is 0 Å². The van der Waals surface area contributed by atoms with Gasteiger partial charge in [0.1, 0.15) is 12.1 Å². The molecule has 0 aliphatic heterocycles. The lowest BCUT2D eigenvalue weighted by atomic mass is 10.1. The van der Waals surface area contributed by atoms with E-state index in [4.69, 9.17) is 16.6 Å². The highest BCUT2D eigenvalue weighted by molar-refractivity contribution is 7.98. The van der Waals surface area contributed by atoms with Crippen molar-refractivity contribution in [1.29, 1.82) is 0 Å². The molecule has 0 saturated heterocycles. The topological polar surface area (TPSA) is 165 Å². The fourth-order valence-corrected chi connectivity index (χ4v) is 1.96. The first-order valence-electron chi connectivity index (χ1n) is 6.14. The van der Waals surface area contributed by atoms with Crippen LogP contribution in [-0.2, 0) is 14.4 Å². The van der Waals surface area contributed by atoms with Crippen molar-refractivity contribution in [2.24, 2.45) is 11.5 Å². The molecule has 0 heterocycles. The minimum Gasteiger partial charge on any atom is -0.480 e. The van der Waals surface area contributed by atoms with Gasteiger partial charge in [0.15, 0.2) is 0 Å². The molecule has 0 radical (unpaired) electrons. The summed E-state index contributed by atoms with van der Waals surface area (Å²) in [4.78, 5) is 44.5. The number of carbonyl (C=O) groups excluding carboxylic acids is 3. The number of thioether (sulfide) groups is 1. The van der Waals surface area contributed by atoms with Crippen LogP contribution in [0.5, 0.6) is 0 Å². The third-order valence-electron chi connectivity index (χ3n) is 2.54.